The number of amides is 3. The van der Waals surface area contributed by atoms with Gasteiger partial charge in [0.2, 0.25) is 5.91 Å². The first-order chi connectivity index (χ1) is 8.15. The summed E-state index contributed by atoms with van der Waals surface area (Å²) in [5, 5.41) is 4.96. The average molecular weight is 233 g/mol. The first-order valence-electron chi connectivity index (χ1n) is 5.60. The summed E-state index contributed by atoms with van der Waals surface area (Å²) in [6.07, 6.45) is 3.43. The molecule has 90 valence electrons. The van der Waals surface area contributed by atoms with E-state index in [0.717, 1.165) is 18.5 Å². The Labute approximate surface area is 99.4 Å². The zero-order valence-electron chi connectivity index (χ0n) is 9.45. The van der Waals surface area contributed by atoms with Gasteiger partial charge in [0, 0.05) is 5.69 Å². The van der Waals surface area contributed by atoms with E-state index in [0.29, 0.717) is 0 Å². The second-order valence-electron chi connectivity index (χ2n) is 4.10. The lowest BCUT2D eigenvalue weighted by Crippen LogP contribution is -2.38. The second kappa shape index (κ2) is 4.86. The number of hydrogen-bond acceptors (Lipinski definition) is 3. The highest BCUT2D eigenvalue weighted by atomic mass is 16.2. The molecule has 0 heterocycles. The SMILES string of the molecule is NC(=O)NC(=O)CNc1ccc2c(c1)CCC2. The predicted molar refractivity (Wildman–Crippen MR) is 64.7 cm³/mol. The Morgan fingerprint density at radius 1 is 1.24 bits per heavy atom. The van der Waals surface area contributed by atoms with Gasteiger partial charge in [-0.25, -0.2) is 4.79 Å². The molecule has 1 aliphatic rings. The molecule has 1 aliphatic carbocycles. The molecular weight excluding hydrogens is 218 g/mol. The highest BCUT2D eigenvalue weighted by Gasteiger charge is 2.11. The van der Waals surface area contributed by atoms with Gasteiger partial charge < -0.3 is 11.1 Å². The van der Waals surface area contributed by atoms with Gasteiger partial charge >= 0.3 is 6.03 Å². The lowest BCUT2D eigenvalue weighted by molar-refractivity contribution is -0.118. The highest BCUT2D eigenvalue weighted by Crippen LogP contribution is 2.24. The van der Waals surface area contributed by atoms with Crippen LogP contribution in [0.25, 0.3) is 0 Å². The zero-order valence-corrected chi connectivity index (χ0v) is 9.45. The molecule has 0 spiro atoms. The number of benzene rings is 1. The van der Waals surface area contributed by atoms with Crippen LogP contribution in [-0.4, -0.2) is 18.5 Å². The van der Waals surface area contributed by atoms with Crippen molar-refractivity contribution in [1.82, 2.24) is 5.32 Å². The van der Waals surface area contributed by atoms with Gasteiger partial charge in [-0.2, -0.15) is 0 Å². The Balaban J connectivity index is 1.91. The van der Waals surface area contributed by atoms with Gasteiger partial charge in [-0.3, -0.25) is 10.1 Å². The molecule has 1 aromatic rings. The predicted octanol–water partition coefficient (Wildman–Crippen LogP) is 0.782. The number of rotatable bonds is 3. The van der Waals surface area contributed by atoms with Gasteiger partial charge in [0.15, 0.2) is 0 Å². The van der Waals surface area contributed by atoms with Crippen LogP contribution >= 0.6 is 0 Å². The molecular formula is C12H15N3O2. The molecule has 0 saturated carbocycles. The quantitative estimate of drug-likeness (QED) is 0.721. The molecule has 1 aromatic carbocycles. The number of urea groups is 1. The molecule has 2 rings (SSSR count). The van der Waals surface area contributed by atoms with Crippen LogP contribution in [0.3, 0.4) is 0 Å². The summed E-state index contributed by atoms with van der Waals surface area (Å²) in [7, 11) is 0. The summed E-state index contributed by atoms with van der Waals surface area (Å²) in [4.78, 5) is 21.6. The molecule has 17 heavy (non-hydrogen) atoms. The van der Waals surface area contributed by atoms with Crippen molar-refractivity contribution in [1.29, 1.82) is 0 Å². The Morgan fingerprint density at radius 3 is 2.76 bits per heavy atom. The lowest BCUT2D eigenvalue weighted by atomic mass is 10.1. The third-order valence-electron chi connectivity index (χ3n) is 2.81. The van der Waals surface area contributed by atoms with Crippen LogP contribution < -0.4 is 16.4 Å². The Morgan fingerprint density at radius 2 is 2.00 bits per heavy atom. The molecule has 5 heteroatoms. The number of aryl methyl sites for hydroxylation is 2. The molecule has 4 N–H and O–H groups in total. The molecule has 0 atom stereocenters. The van der Waals surface area contributed by atoms with Crippen molar-refractivity contribution in [2.45, 2.75) is 19.3 Å². The third-order valence-corrected chi connectivity index (χ3v) is 2.81. The number of nitrogens with two attached hydrogens (primary N) is 1. The van der Waals surface area contributed by atoms with Crippen LogP contribution in [0, 0.1) is 0 Å². The van der Waals surface area contributed by atoms with Gasteiger partial charge in [0.25, 0.3) is 0 Å². The number of nitrogens with one attached hydrogen (secondary N) is 2. The highest BCUT2D eigenvalue weighted by molar-refractivity contribution is 5.95. The number of imide groups is 1. The van der Waals surface area contributed by atoms with E-state index in [2.05, 4.69) is 17.4 Å². The lowest BCUT2D eigenvalue weighted by Gasteiger charge is -2.07. The molecule has 5 nitrogen and oxygen atoms in total. The average Bonchev–Trinajstić information content (AvgIpc) is 2.72. The van der Waals surface area contributed by atoms with E-state index in [4.69, 9.17) is 5.73 Å². The number of anilines is 1. The molecule has 0 aliphatic heterocycles. The minimum Gasteiger partial charge on any atom is -0.376 e. The van der Waals surface area contributed by atoms with Gasteiger partial charge in [-0.05, 0) is 42.5 Å². The van der Waals surface area contributed by atoms with Crippen LogP contribution in [0.4, 0.5) is 10.5 Å². The van der Waals surface area contributed by atoms with E-state index < -0.39 is 11.9 Å². The van der Waals surface area contributed by atoms with Crippen LogP contribution in [0.15, 0.2) is 18.2 Å². The summed E-state index contributed by atoms with van der Waals surface area (Å²) in [5.41, 5.74) is 8.46. The fourth-order valence-electron chi connectivity index (χ4n) is 2.05. The Hall–Kier alpha value is -2.04. The van der Waals surface area contributed by atoms with Crippen LogP contribution in [0.2, 0.25) is 0 Å². The van der Waals surface area contributed by atoms with Crippen molar-refractivity contribution >= 4 is 17.6 Å². The Kier molecular flexibility index (Phi) is 3.27. The molecule has 0 unspecified atom stereocenters. The summed E-state index contributed by atoms with van der Waals surface area (Å²) >= 11 is 0. The summed E-state index contributed by atoms with van der Waals surface area (Å²) < 4.78 is 0. The number of primary amides is 1. The van der Waals surface area contributed by atoms with Gasteiger partial charge in [-0.1, -0.05) is 6.07 Å². The largest absolute Gasteiger partial charge is 0.376 e. The van der Waals surface area contributed by atoms with E-state index in [-0.39, 0.29) is 6.54 Å². The van der Waals surface area contributed by atoms with E-state index >= 15 is 0 Å². The smallest absolute Gasteiger partial charge is 0.318 e. The maximum absolute atomic E-state index is 11.2. The molecule has 3 amide bonds. The maximum Gasteiger partial charge on any atom is 0.318 e. The minimum absolute atomic E-state index is 0.0434. The van der Waals surface area contributed by atoms with Gasteiger partial charge in [0.1, 0.15) is 0 Å². The standard InChI is InChI=1S/C12H15N3O2/c13-12(17)15-11(16)7-14-10-5-4-8-2-1-3-9(8)6-10/h4-6,14H,1-3,7H2,(H3,13,15,16,17). The van der Waals surface area contributed by atoms with Crippen molar-refractivity contribution in [2.24, 2.45) is 5.73 Å². The molecule has 0 aromatic heterocycles. The van der Waals surface area contributed by atoms with Crippen molar-refractivity contribution < 1.29 is 9.59 Å². The van der Waals surface area contributed by atoms with Crippen molar-refractivity contribution in [3.63, 3.8) is 0 Å². The van der Waals surface area contributed by atoms with Crippen LogP contribution in [0.5, 0.6) is 0 Å². The van der Waals surface area contributed by atoms with Crippen LogP contribution in [-0.2, 0) is 17.6 Å². The second-order valence-corrected chi connectivity index (χ2v) is 4.10. The van der Waals surface area contributed by atoms with Gasteiger partial charge in [-0.15, -0.1) is 0 Å². The van der Waals surface area contributed by atoms with E-state index in [1.54, 1.807) is 0 Å². The number of carbonyl (C=O) groups is 2. The normalized spacial score (nSPS) is 12.9. The number of fused-ring (bicyclic) bond motifs is 1. The van der Waals surface area contributed by atoms with E-state index in [1.165, 1.54) is 17.5 Å². The number of carbonyl (C=O) groups excluding carboxylic acids is 2. The molecule has 0 fully saturated rings. The molecule has 0 radical (unpaired) electrons. The topological polar surface area (TPSA) is 84.2 Å². The fourth-order valence-corrected chi connectivity index (χ4v) is 2.05. The van der Waals surface area contributed by atoms with Crippen molar-refractivity contribution in [3.8, 4) is 0 Å². The van der Waals surface area contributed by atoms with Crippen molar-refractivity contribution in [2.75, 3.05) is 11.9 Å². The Bertz CT molecular complexity index is 457. The summed E-state index contributed by atoms with van der Waals surface area (Å²) in [5.74, 6) is -0.432. The van der Waals surface area contributed by atoms with Crippen molar-refractivity contribution in [3.05, 3.63) is 29.3 Å². The maximum atomic E-state index is 11.2. The summed E-state index contributed by atoms with van der Waals surface area (Å²) in [6.45, 7) is 0.0434. The van der Waals surface area contributed by atoms with E-state index in [1.807, 2.05) is 11.4 Å². The molecule has 0 bridgehead atoms. The zero-order chi connectivity index (χ0) is 12.3. The first kappa shape index (κ1) is 11.4. The number of hydrogen-bond donors (Lipinski definition) is 3. The molecule has 0 saturated heterocycles. The van der Waals surface area contributed by atoms with E-state index in [9.17, 15) is 9.59 Å². The fraction of sp³-hybridized carbons (Fsp3) is 0.333. The third kappa shape index (κ3) is 2.96. The monoisotopic (exact) mass is 233 g/mol. The van der Waals surface area contributed by atoms with Crippen LogP contribution in [0.1, 0.15) is 17.5 Å². The van der Waals surface area contributed by atoms with Gasteiger partial charge in [0.05, 0.1) is 6.54 Å². The summed E-state index contributed by atoms with van der Waals surface area (Å²) in [6, 6.07) is 5.25. The first-order valence-corrected chi connectivity index (χ1v) is 5.60. The minimum atomic E-state index is -0.828.